The van der Waals surface area contributed by atoms with Gasteiger partial charge in [-0.2, -0.15) is 4.37 Å². The Morgan fingerprint density at radius 3 is 3.00 bits per heavy atom. The molecule has 0 aromatic carbocycles. The maximum atomic E-state index is 6.24. The Hall–Kier alpha value is -0.150. The van der Waals surface area contributed by atoms with E-state index < -0.39 is 0 Å². The molecule has 0 amide bonds. The second-order valence-corrected chi connectivity index (χ2v) is 5.31. The van der Waals surface area contributed by atoms with Crippen LogP contribution in [0.2, 0.25) is 0 Å². The summed E-state index contributed by atoms with van der Waals surface area (Å²) in [6.45, 7) is 2.15. The van der Waals surface area contributed by atoms with E-state index >= 15 is 0 Å². The Labute approximate surface area is 93.9 Å². The largest absolute Gasteiger partial charge is 0.225 e. The lowest BCUT2D eigenvalue weighted by Gasteiger charge is -2.02. The molecule has 1 aliphatic rings. The van der Waals surface area contributed by atoms with Crippen molar-refractivity contribution in [3.8, 4) is 0 Å². The summed E-state index contributed by atoms with van der Waals surface area (Å²) in [5.41, 5.74) is 0. The summed E-state index contributed by atoms with van der Waals surface area (Å²) in [6, 6.07) is 0. The quantitative estimate of drug-likeness (QED) is 0.727. The molecule has 1 heterocycles. The van der Waals surface area contributed by atoms with Crippen LogP contribution in [0.15, 0.2) is 0 Å². The first-order valence-corrected chi connectivity index (χ1v) is 6.46. The molecule has 0 bridgehead atoms. The summed E-state index contributed by atoms with van der Waals surface area (Å²) >= 11 is 7.76. The minimum absolute atomic E-state index is 0.289. The van der Waals surface area contributed by atoms with Crippen LogP contribution in [0.3, 0.4) is 0 Å². The standard InChI is InChI=1S/C10H15ClN2S/c1-2-3-9-12-10(14-13-9)6-8(11)7-4-5-7/h7-8H,2-6H2,1H3. The number of aromatic nitrogens is 2. The zero-order valence-electron chi connectivity index (χ0n) is 8.37. The zero-order valence-corrected chi connectivity index (χ0v) is 9.94. The van der Waals surface area contributed by atoms with Crippen LogP contribution in [0.5, 0.6) is 0 Å². The SMILES string of the molecule is CCCc1nsc(CC(Cl)C2CC2)n1. The second-order valence-electron chi connectivity index (χ2n) is 3.91. The Morgan fingerprint density at radius 1 is 1.57 bits per heavy atom. The van der Waals surface area contributed by atoms with Gasteiger partial charge in [-0.25, -0.2) is 4.98 Å². The molecule has 1 fully saturated rings. The summed E-state index contributed by atoms with van der Waals surface area (Å²) in [6.07, 6.45) is 5.62. The molecule has 1 unspecified atom stereocenters. The third kappa shape index (κ3) is 2.67. The maximum Gasteiger partial charge on any atom is 0.142 e. The average molecular weight is 231 g/mol. The highest BCUT2D eigenvalue weighted by Crippen LogP contribution is 2.37. The van der Waals surface area contributed by atoms with Crippen LogP contribution < -0.4 is 0 Å². The fourth-order valence-electron chi connectivity index (χ4n) is 1.49. The highest BCUT2D eigenvalue weighted by molar-refractivity contribution is 7.05. The van der Waals surface area contributed by atoms with E-state index in [1.807, 2.05) is 0 Å². The third-order valence-corrected chi connectivity index (χ3v) is 3.77. The molecule has 2 rings (SSSR count). The van der Waals surface area contributed by atoms with Crippen molar-refractivity contribution in [1.29, 1.82) is 0 Å². The zero-order chi connectivity index (χ0) is 9.97. The summed E-state index contributed by atoms with van der Waals surface area (Å²) in [4.78, 5) is 4.47. The van der Waals surface area contributed by atoms with Gasteiger partial charge in [0, 0.05) is 18.2 Å². The molecule has 4 heteroatoms. The molecule has 14 heavy (non-hydrogen) atoms. The molecular formula is C10H15ClN2S. The van der Waals surface area contributed by atoms with Crippen molar-refractivity contribution >= 4 is 23.1 Å². The minimum atomic E-state index is 0.289. The van der Waals surface area contributed by atoms with Crippen LogP contribution in [0.25, 0.3) is 0 Å². The lowest BCUT2D eigenvalue weighted by molar-refractivity contribution is 0.729. The molecule has 0 aliphatic heterocycles. The van der Waals surface area contributed by atoms with E-state index in [4.69, 9.17) is 11.6 Å². The summed E-state index contributed by atoms with van der Waals surface area (Å²) in [5, 5.41) is 1.40. The van der Waals surface area contributed by atoms with E-state index in [0.29, 0.717) is 0 Å². The van der Waals surface area contributed by atoms with Crippen LogP contribution in [0.4, 0.5) is 0 Å². The molecule has 1 atom stereocenters. The molecule has 0 saturated heterocycles. The lowest BCUT2D eigenvalue weighted by atomic mass is 10.2. The van der Waals surface area contributed by atoms with E-state index in [0.717, 1.165) is 36.0 Å². The van der Waals surface area contributed by atoms with Crippen LogP contribution in [-0.4, -0.2) is 14.7 Å². The van der Waals surface area contributed by atoms with E-state index in [1.54, 1.807) is 0 Å². The Morgan fingerprint density at radius 2 is 2.36 bits per heavy atom. The van der Waals surface area contributed by atoms with Gasteiger partial charge in [0.05, 0.1) is 0 Å². The van der Waals surface area contributed by atoms with E-state index in [-0.39, 0.29) is 5.38 Å². The first kappa shape index (κ1) is 10.4. The number of halogens is 1. The van der Waals surface area contributed by atoms with E-state index in [1.165, 1.54) is 24.4 Å². The van der Waals surface area contributed by atoms with Gasteiger partial charge >= 0.3 is 0 Å². The highest BCUT2D eigenvalue weighted by atomic mass is 35.5. The lowest BCUT2D eigenvalue weighted by Crippen LogP contribution is -2.05. The van der Waals surface area contributed by atoms with Gasteiger partial charge in [-0.1, -0.05) is 6.92 Å². The topological polar surface area (TPSA) is 25.8 Å². The van der Waals surface area contributed by atoms with Gasteiger partial charge in [-0.05, 0) is 36.7 Å². The van der Waals surface area contributed by atoms with Crippen LogP contribution in [0.1, 0.15) is 37.0 Å². The summed E-state index contributed by atoms with van der Waals surface area (Å²) in [5.74, 6) is 1.74. The van der Waals surface area contributed by atoms with Crippen LogP contribution in [0, 0.1) is 5.92 Å². The monoisotopic (exact) mass is 230 g/mol. The molecule has 1 aromatic heterocycles. The summed E-state index contributed by atoms with van der Waals surface area (Å²) in [7, 11) is 0. The minimum Gasteiger partial charge on any atom is -0.225 e. The normalized spacial score (nSPS) is 18.4. The molecule has 0 N–H and O–H groups in total. The first-order valence-electron chi connectivity index (χ1n) is 5.25. The number of aryl methyl sites for hydroxylation is 1. The number of alkyl halides is 1. The molecule has 1 aromatic rings. The first-order chi connectivity index (χ1) is 6.79. The predicted molar refractivity (Wildman–Crippen MR) is 60.0 cm³/mol. The Bertz CT molecular complexity index is 296. The van der Waals surface area contributed by atoms with Gasteiger partial charge in [-0.3, -0.25) is 0 Å². The molecule has 0 spiro atoms. The van der Waals surface area contributed by atoms with Gasteiger partial charge in [0.2, 0.25) is 0 Å². The average Bonchev–Trinajstić information content (AvgIpc) is 2.92. The molecule has 0 radical (unpaired) electrons. The Balaban J connectivity index is 1.88. The highest BCUT2D eigenvalue weighted by Gasteiger charge is 2.30. The van der Waals surface area contributed by atoms with Crippen LogP contribution in [-0.2, 0) is 12.8 Å². The molecule has 1 aliphatic carbocycles. The van der Waals surface area contributed by atoms with Crippen LogP contribution >= 0.6 is 23.1 Å². The predicted octanol–water partition coefficient (Wildman–Crippen LogP) is 3.05. The van der Waals surface area contributed by atoms with Crippen molar-refractivity contribution < 1.29 is 0 Å². The number of hydrogen-bond donors (Lipinski definition) is 0. The fourth-order valence-corrected chi connectivity index (χ4v) is 2.72. The van der Waals surface area contributed by atoms with Gasteiger partial charge in [0.25, 0.3) is 0 Å². The smallest absolute Gasteiger partial charge is 0.142 e. The number of nitrogens with zero attached hydrogens (tertiary/aromatic N) is 2. The Kier molecular flexibility index (Phi) is 3.39. The molecule has 1 saturated carbocycles. The van der Waals surface area contributed by atoms with Gasteiger partial charge < -0.3 is 0 Å². The maximum absolute atomic E-state index is 6.24. The van der Waals surface area contributed by atoms with Crippen molar-refractivity contribution in [3.63, 3.8) is 0 Å². The van der Waals surface area contributed by atoms with Crippen molar-refractivity contribution in [3.05, 3.63) is 10.8 Å². The van der Waals surface area contributed by atoms with Crippen molar-refractivity contribution in [2.45, 2.75) is 44.4 Å². The van der Waals surface area contributed by atoms with E-state index in [2.05, 4.69) is 16.3 Å². The molecule has 78 valence electrons. The van der Waals surface area contributed by atoms with Gasteiger partial charge in [-0.15, -0.1) is 11.6 Å². The van der Waals surface area contributed by atoms with Crippen molar-refractivity contribution in [2.75, 3.05) is 0 Å². The molecular weight excluding hydrogens is 216 g/mol. The molecule has 2 nitrogen and oxygen atoms in total. The van der Waals surface area contributed by atoms with Crippen molar-refractivity contribution in [2.24, 2.45) is 5.92 Å². The van der Waals surface area contributed by atoms with Gasteiger partial charge in [0.1, 0.15) is 10.8 Å². The number of rotatable bonds is 5. The second kappa shape index (κ2) is 4.58. The third-order valence-electron chi connectivity index (χ3n) is 2.49. The van der Waals surface area contributed by atoms with E-state index in [9.17, 15) is 0 Å². The van der Waals surface area contributed by atoms with Crippen molar-refractivity contribution in [1.82, 2.24) is 9.36 Å². The summed E-state index contributed by atoms with van der Waals surface area (Å²) < 4.78 is 4.31. The fraction of sp³-hybridized carbons (Fsp3) is 0.800. The van der Waals surface area contributed by atoms with Gasteiger partial charge in [0.15, 0.2) is 0 Å². The number of hydrogen-bond acceptors (Lipinski definition) is 3.